The molecule has 6 nitrogen and oxygen atoms in total. The number of anilines is 2. The van der Waals surface area contributed by atoms with E-state index in [-0.39, 0.29) is 5.69 Å². The van der Waals surface area contributed by atoms with Crippen molar-refractivity contribution in [2.45, 2.75) is 19.1 Å². The second-order valence-corrected chi connectivity index (χ2v) is 5.79. The number of nitrogens with zero attached hydrogens (tertiary/aromatic N) is 1. The lowest BCUT2D eigenvalue weighted by atomic mass is 10.1. The molecule has 1 unspecified atom stereocenters. The molecule has 0 radical (unpaired) electrons. The Bertz CT molecular complexity index is 826. The van der Waals surface area contributed by atoms with Crippen molar-refractivity contribution in [2.75, 3.05) is 10.6 Å². The molecule has 0 saturated carbocycles. The van der Waals surface area contributed by atoms with Gasteiger partial charge in [0.25, 0.3) is 5.69 Å². The van der Waals surface area contributed by atoms with Crippen LogP contribution in [0, 0.1) is 10.1 Å². The van der Waals surface area contributed by atoms with Crippen molar-refractivity contribution >= 4 is 34.6 Å². The van der Waals surface area contributed by atoms with E-state index in [2.05, 4.69) is 10.6 Å². The summed E-state index contributed by atoms with van der Waals surface area (Å²) in [5, 5.41) is 16.7. The minimum absolute atomic E-state index is 0.193. The lowest BCUT2D eigenvalue weighted by molar-refractivity contribution is -0.384. The zero-order chi connectivity index (χ0) is 19.5. The number of amides is 1. The van der Waals surface area contributed by atoms with E-state index in [4.69, 9.17) is 11.6 Å². The molecule has 0 fully saturated rings. The highest BCUT2D eigenvalue weighted by atomic mass is 35.5. The van der Waals surface area contributed by atoms with Crippen LogP contribution in [0.1, 0.15) is 12.5 Å². The zero-order valence-electron chi connectivity index (χ0n) is 13.3. The Kier molecular flexibility index (Phi) is 5.71. The topological polar surface area (TPSA) is 84.3 Å². The Balaban J connectivity index is 2.17. The van der Waals surface area contributed by atoms with Crippen molar-refractivity contribution in [3.63, 3.8) is 0 Å². The van der Waals surface area contributed by atoms with Crippen molar-refractivity contribution < 1.29 is 22.9 Å². The Hall–Kier alpha value is -2.81. The van der Waals surface area contributed by atoms with Crippen LogP contribution in [0.5, 0.6) is 0 Å². The van der Waals surface area contributed by atoms with E-state index < -0.39 is 34.3 Å². The van der Waals surface area contributed by atoms with E-state index in [1.165, 1.54) is 6.92 Å². The smallest absolute Gasteiger partial charge is 0.368 e. The van der Waals surface area contributed by atoms with Crippen LogP contribution in [0.2, 0.25) is 5.02 Å². The van der Waals surface area contributed by atoms with Gasteiger partial charge in [-0.1, -0.05) is 11.6 Å². The fourth-order valence-corrected chi connectivity index (χ4v) is 2.19. The van der Waals surface area contributed by atoms with E-state index in [9.17, 15) is 28.1 Å². The van der Waals surface area contributed by atoms with Gasteiger partial charge in [0.15, 0.2) is 0 Å². The first-order valence-electron chi connectivity index (χ1n) is 7.26. The molecule has 138 valence electrons. The molecule has 0 aliphatic heterocycles. The molecular weight excluding hydrogens is 375 g/mol. The third-order valence-corrected chi connectivity index (χ3v) is 3.65. The first-order chi connectivity index (χ1) is 12.1. The zero-order valence-corrected chi connectivity index (χ0v) is 14.1. The highest BCUT2D eigenvalue weighted by Crippen LogP contribution is 2.35. The van der Waals surface area contributed by atoms with Gasteiger partial charge in [-0.3, -0.25) is 14.9 Å². The van der Waals surface area contributed by atoms with Crippen LogP contribution < -0.4 is 10.6 Å². The summed E-state index contributed by atoms with van der Waals surface area (Å²) in [6.45, 7) is 1.42. The number of nitrogens with one attached hydrogen (secondary N) is 2. The third kappa shape index (κ3) is 4.85. The van der Waals surface area contributed by atoms with Crippen LogP contribution in [0.4, 0.5) is 30.2 Å². The summed E-state index contributed by atoms with van der Waals surface area (Å²) in [4.78, 5) is 22.3. The lowest BCUT2D eigenvalue weighted by Gasteiger charge is -2.16. The number of rotatable bonds is 5. The maximum Gasteiger partial charge on any atom is 0.416 e. The van der Waals surface area contributed by atoms with Crippen LogP contribution >= 0.6 is 11.6 Å². The number of halogens is 4. The second-order valence-electron chi connectivity index (χ2n) is 5.35. The Labute approximate surface area is 151 Å². The van der Waals surface area contributed by atoms with Gasteiger partial charge >= 0.3 is 6.18 Å². The van der Waals surface area contributed by atoms with Gasteiger partial charge in [0.05, 0.1) is 10.5 Å². The van der Waals surface area contributed by atoms with Gasteiger partial charge < -0.3 is 10.6 Å². The number of hydrogen-bond acceptors (Lipinski definition) is 4. The molecule has 0 heterocycles. The summed E-state index contributed by atoms with van der Waals surface area (Å²) in [7, 11) is 0. The Morgan fingerprint density at radius 2 is 1.81 bits per heavy atom. The number of alkyl halides is 3. The van der Waals surface area contributed by atoms with Gasteiger partial charge in [0, 0.05) is 16.8 Å². The van der Waals surface area contributed by atoms with E-state index in [0.29, 0.717) is 22.8 Å². The molecule has 2 aromatic carbocycles. The molecule has 1 atom stereocenters. The first kappa shape index (κ1) is 19.5. The molecule has 0 saturated heterocycles. The maximum atomic E-state index is 12.7. The summed E-state index contributed by atoms with van der Waals surface area (Å²) in [6.07, 6.45) is -4.71. The highest BCUT2D eigenvalue weighted by Gasteiger charge is 2.33. The van der Waals surface area contributed by atoms with Gasteiger partial charge in [-0.25, -0.2) is 0 Å². The van der Waals surface area contributed by atoms with Gasteiger partial charge in [-0.05, 0) is 43.3 Å². The van der Waals surface area contributed by atoms with Gasteiger partial charge in [0.1, 0.15) is 11.7 Å². The quantitative estimate of drug-likeness (QED) is 0.575. The summed E-state index contributed by atoms with van der Waals surface area (Å²) in [6, 6.07) is 7.37. The van der Waals surface area contributed by atoms with Crippen molar-refractivity contribution in [1.29, 1.82) is 0 Å². The fraction of sp³-hybridized carbons (Fsp3) is 0.188. The van der Waals surface area contributed by atoms with Gasteiger partial charge in [-0.15, -0.1) is 0 Å². The van der Waals surface area contributed by atoms with Crippen molar-refractivity contribution in [2.24, 2.45) is 0 Å². The molecule has 2 N–H and O–H groups in total. The first-order valence-corrected chi connectivity index (χ1v) is 7.64. The number of benzene rings is 2. The predicted molar refractivity (Wildman–Crippen MR) is 91.3 cm³/mol. The Morgan fingerprint density at radius 3 is 2.35 bits per heavy atom. The largest absolute Gasteiger partial charge is 0.416 e. The van der Waals surface area contributed by atoms with Gasteiger partial charge in [0.2, 0.25) is 5.91 Å². The number of carbonyl (C=O) groups is 1. The van der Waals surface area contributed by atoms with Gasteiger partial charge in [-0.2, -0.15) is 13.2 Å². The minimum Gasteiger partial charge on any atom is -0.368 e. The van der Waals surface area contributed by atoms with Crippen molar-refractivity contribution in [1.82, 2.24) is 0 Å². The number of carbonyl (C=O) groups excluding carboxylic acids is 1. The van der Waals surface area contributed by atoms with Crippen molar-refractivity contribution in [3.05, 3.63) is 63.2 Å². The molecule has 0 spiro atoms. The highest BCUT2D eigenvalue weighted by molar-refractivity contribution is 6.30. The summed E-state index contributed by atoms with van der Waals surface area (Å²) in [5.74, 6) is -0.526. The average Bonchev–Trinajstić information content (AvgIpc) is 2.56. The van der Waals surface area contributed by atoms with E-state index >= 15 is 0 Å². The van der Waals surface area contributed by atoms with Crippen LogP contribution in [0.25, 0.3) is 0 Å². The number of nitro groups is 1. The summed E-state index contributed by atoms with van der Waals surface area (Å²) in [5.41, 5.74) is -1.66. The molecule has 0 aliphatic rings. The third-order valence-electron chi connectivity index (χ3n) is 3.40. The molecule has 0 aliphatic carbocycles. The molecule has 26 heavy (non-hydrogen) atoms. The maximum absolute atomic E-state index is 12.7. The average molecular weight is 388 g/mol. The van der Waals surface area contributed by atoms with Crippen molar-refractivity contribution in [3.8, 4) is 0 Å². The number of nitro benzene ring substituents is 1. The summed E-state index contributed by atoms with van der Waals surface area (Å²) < 4.78 is 38.1. The molecule has 0 aromatic heterocycles. The molecule has 1 amide bonds. The minimum atomic E-state index is -4.71. The van der Waals surface area contributed by atoms with Crippen LogP contribution in [-0.2, 0) is 11.0 Å². The monoisotopic (exact) mass is 387 g/mol. The summed E-state index contributed by atoms with van der Waals surface area (Å²) >= 11 is 5.74. The SMILES string of the molecule is CC(Nc1ccc(C(F)(F)F)cc1[N+](=O)[O-])C(=O)Nc1ccc(Cl)cc1. The molecule has 0 bridgehead atoms. The Morgan fingerprint density at radius 1 is 1.19 bits per heavy atom. The number of hydrogen-bond donors (Lipinski definition) is 2. The second kappa shape index (κ2) is 7.61. The lowest BCUT2D eigenvalue weighted by Crippen LogP contribution is -2.32. The molecule has 10 heteroatoms. The molecular formula is C16H13ClF3N3O3. The predicted octanol–water partition coefficient (Wildman–Crippen LogP) is 4.71. The molecule has 2 aromatic rings. The standard InChI is InChI=1S/C16H13ClF3N3O3/c1-9(15(24)22-12-5-3-11(17)4-6-12)21-13-7-2-10(16(18,19)20)8-14(13)23(25)26/h2-9,21H,1H3,(H,22,24). The van der Waals surface area contributed by atoms with Crippen LogP contribution in [0.3, 0.4) is 0 Å². The van der Waals surface area contributed by atoms with E-state index in [1.54, 1.807) is 24.3 Å². The van der Waals surface area contributed by atoms with E-state index in [1.807, 2.05) is 0 Å². The molecule has 2 rings (SSSR count). The van der Waals surface area contributed by atoms with Crippen LogP contribution in [0.15, 0.2) is 42.5 Å². The van der Waals surface area contributed by atoms with E-state index in [0.717, 1.165) is 6.07 Å². The van der Waals surface area contributed by atoms with Crippen LogP contribution in [-0.4, -0.2) is 16.9 Å². The fourth-order valence-electron chi connectivity index (χ4n) is 2.06. The normalized spacial score (nSPS) is 12.3.